The molecule has 2 atom stereocenters. The first kappa shape index (κ1) is 21.4. The molecule has 0 aromatic carbocycles. The van der Waals surface area contributed by atoms with Crippen LogP contribution >= 0.6 is 0 Å². The molecule has 6 nitrogen and oxygen atoms in total. The fourth-order valence-corrected chi connectivity index (χ4v) is 6.32. The summed E-state index contributed by atoms with van der Waals surface area (Å²) in [7, 11) is 0. The monoisotopic (exact) mass is 406 g/mol. The standard InChI is InChI=1S/C23H42N4O2/c1-3-24-21(26-19-17-20(29-4-2)23(19)9-5-6-10-23)25-18-22(11-15-28-16-12-22)27-13-7-8-14-27/h19-20H,3-18H2,1-2H3,(H2,24,25,26). The molecule has 0 aromatic rings. The topological polar surface area (TPSA) is 58.1 Å². The van der Waals surface area contributed by atoms with Gasteiger partial charge < -0.3 is 20.1 Å². The molecule has 4 rings (SSSR count). The highest BCUT2D eigenvalue weighted by Gasteiger charge is 2.57. The molecule has 4 fully saturated rings. The van der Waals surface area contributed by atoms with Crippen molar-refractivity contribution in [2.75, 3.05) is 46.0 Å². The first-order valence-corrected chi connectivity index (χ1v) is 12.2. The summed E-state index contributed by atoms with van der Waals surface area (Å²) in [4.78, 5) is 7.86. The Bertz CT molecular complexity index is 549. The number of rotatable bonds is 7. The van der Waals surface area contributed by atoms with Crippen molar-refractivity contribution in [3.05, 3.63) is 0 Å². The number of aliphatic imine (C=N–C) groups is 1. The van der Waals surface area contributed by atoms with E-state index in [1.54, 1.807) is 0 Å². The third-order valence-corrected chi connectivity index (χ3v) is 8.07. The maximum absolute atomic E-state index is 6.11. The van der Waals surface area contributed by atoms with E-state index in [9.17, 15) is 0 Å². The molecule has 0 radical (unpaired) electrons. The van der Waals surface area contributed by atoms with Gasteiger partial charge in [0, 0.05) is 43.4 Å². The average molecular weight is 407 g/mol. The van der Waals surface area contributed by atoms with Crippen molar-refractivity contribution in [1.82, 2.24) is 15.5 Å². The van der Waals surface area contributed by atoms with E-state index in [1.165, 1.54) is 51.6 Å². The van der Waals surface area contributed by atoms with Gasteiger partial charge in [-0.1, -0.05) is 12.8 Å². The van der Waals surface area contributed by atoms with Crippen molar-refractivity contribution >= 4 is 5.96 Å². The summed E-state index contributed by atoms with van der Waals surface area (Å²) in [6, 6.07) is 0.497. The second-order valence-electron chi connectivity index (χ2n) is 9.54. The van der Waals surface area contributed by atoms with E-state index >= 15 is 0 Å². The van der Waals surface area contributed by atoms with Gasteiger partial charge in [-0.15, -0.1) is 0 Å². The number of hydrogen-bond donors (Lipinski definition) is 2. The van der Waals surface area contributed by atoms with E-state index in [-0.39, 0.29) is 5.54 Å². The Morgan fingerprint density at radius 3 is 2.45 bits per heavy atom. The normalized spacial score (nSPS) is 31.7. The highest BCUT2D eigenvalue weighted by Crippen LogP contribution is 2.54. The molecule has 29 heavy (non-hydrogen) atoms. The Labute approximate surface area is 177 Å². The molecule has 2 N–H and O–H groups in total. The van der Waals surface area contributed by atoms with Crippen molar-refractivity contribution in [3.63, 3.8) is 0 Å². The van der Waals surface area contributed by atoms with Crippen LogP contribution in [-0.4, -0.2) is 74.5 Å². The minimum absolute atomic E-state index is 0.190. The second kappa shape index (κ2) is 9.52. The van der Waals surface area contributed by atoms with Crippen LogP contribution < -0.4 is 10.6 Å². The van der Waals surface area contributed by atoms with Crippen LogP contribution in [0.4, 0.5) is 0 Å². The molecular formula is C23H42N4O2. The van der Waals surface area contributed by atoms with Crippen molar-refractivity contribution in [2.45, 2.75) is 89.3 Å². The van der Waals surface area contributed by atoms with Crippen LogP contribution in [-0.2, 0) is 9.47 Å². The van der Waals surface area contributed by atoms with Gasteiger partial charge in [0.1, 0.15) is 0 Å². The van der Waals surface area contributed by atoms with Gasteiger partial charge in [-0.3, -0.25) is 9.89 Å². The Balaban J connectivity index is 1.44. The smallest absolute Gasteiger partial charge is 0.191 e. The lowest BCUT2D eigenvalue weighted by molar-refractivity contribution is -0.125. The predicted octanol–water partition coefficient (Wildman–Crippen LogP) is 2.92. The lowest BCUT2D eigenvalue weighted by Gasteiger charge is -2.54. The lowest BCUT2D eigenvalue weighted by atomic mass is 9.60. The van der Waals surface area contributed by atoms with E-state index in [1.807, 2.05) is 0 Å². The van der Waals surface area contributed by atoms with Crippen molar-refractivity contribution in [1.29, 1.82) is 0 Å². The summed E-state index contributed by atoms with van der Waals surface area (Å²) in [5, 5.41) is 7.36. The predicted molar refractivity (Wildman–Crippen MR) is 117 cm³/mol. The van der Waals surface area contributed by atoms with Crippen LogP contribution in [0.3, 0.4) is 0 Å². The quantitative estimate of drug-likeness (QED) is 0.503. The fraction of sp³-hybridized carbons (Fsp3) is 0.957. The third-order valence-electron chi connectivity index (χ3n) is 8.07. The number of nitrogens with zero attached hydrogens (tertiary/aromatic N) is 2. The number of hydrogen-bond acceptors (Lipinski definition) is 4. The highest BCUT2D eigenvalue weighted by molar-refractivity contribution is 5.80. The Morgan fingerprint density at radius 2 is 1.79 bits per heavy atom. The highest BCUT2D eigenvalue weighted by atomic mass is 16.5. The lowest BCUT2D eigenvalue weighted by Crippen LogP contribution is -2.65. The largest absolute Gasteiger partial charge is 0.381 e. The zero-order valence-electron chi connectivity index (χ0n) is 18.7. The van der Waals surface area contributed by atoms with Crippen LogP contribution in [0.1, 0.15) is 71.6 Å². The van der Waals surface area contributed by atoms with Gasteiger partial charge in [-0.05, 0) is 71.9 Å². The van der Waals surface area contributed by atoms with Crippen molar-refractivity contribution in [2.24, 2.45) is 10.4 Å². The zero-order valence-corrected chi connectivity index (χ0v) is 18.7. The summed E-state index contributed by atoms with van der Waals surface area (Å²) >= 11 is 0. The molecule has 6 heteroatoms. The average Bonchev–Trinajstić information content (AvgIpc) is 3.46. The van der Waals surface area contributed by atoms with E-state index in [0.29, 0.717) is 17.6 Å². The minimum Gasteiger partial charge on any atom is -0.381 e. The molecule has 4 aliphatic rings. The van der Waals surface area contributed by atoms with E-state index in [4.69, 9.17) is 14.5 Å². The summed E-state index contributed by atoms with van der Waals surface area (Å²) < 4.78 is 11.8. The number of ether oxygens (including phenoxy) is 2. The van der Waals surface area contributed by atoms with Crippen molar-refractivity contribution in [3.8, 4) is 0 Å². The molecule has 1 spiro atoms. The maximum atomic E-state index is 6.11. The van der Waals surface area contributed by atoms with Gasteiger partial charge in [0.15, 0.2) is 5.96 Å². The maximum Gasteiger partial charge on any atom is 0.191 e. The minimum atomic E-state index is 0.190. The molecular weight excluding hydrogens is 364 g/mol. The molecule has 2 heterocycles. The zero-order chi connectivity index (χ0) is 20.2. The summed E-state index contributed by atoms with van der Waals surface area (Å²) in [6.45, 7) is 11.1. The van der Waals surface area contributed by atoms with Gasteiger partial charge in [0.05, 0.1) is 12.6 Å². The number of likely N-dealkylation sites (tertiary alicyclic amines) is 1. The molecule has 2 saturated heterocycles. The van der Waals surface area contributed by atoms with E-state index < -0.39 is 0 Å². The van der Waals surface area contributed by atoms with Gasteiger partial charge >= 0.3 is 0 Å². The molecule has 2 aliphatic heterocycles. The van der Waals surface area contributed by atoms with E-state index in [0.717, 1.165) is 58.1 Å². The second-order valence-corrected chi connectivity index (χ2v) is 9.54. The van der Waals surface area contributed by atoms with Gasteiger partial charge in [0.2, 0.25) is 0 Å². The van der Waals surface area contributed by atoms with Crippen LogP contribution in [0, 0.1) is 5.41 Å². The van der Waals surface area contributed by atoms with Crippen LogP contribution in [0.5, 0.6) is 0 Å². The third kappa shape index (κ3) is 4.31. The number of guanidine groups is 1. The van der Waals surface area contributed by atoms with E-state index in [2.05, 4.69) is 29.4 Å². The molecule has 2 unspecified atom stereocenters. The summed E-state index contributed by atoms with van der Waals surface area (Å²) in [6.07, 6.45) is 11.7. The number of nitrogens with one attached hydrogen (secondary N) is 2. The van der Waals surface area contributed by atoms with Crippen LogP contribution in [0.15, 0.2) is 4.99 Å². The fourth-order valence-electron chi connectivity index (χ4n) is 6.32. The first-order chi connectivity index (χ1) is 14.2. The molecule has 0 bridgehead atoms. The van der Waals surface area contributed by atoms with Gasteiger partial charge in [-0.25, -0.2) is 0 Å². The SMILES string of the molecule is CCNC(=NCC1(N2CCCC2)CCOCC1)NC1CC(OCC)C12CCCC2. The Kier molecular flexibility index (Phi) is 7.02. The first-order valence-electron chi connectivity index (χ1n) is 12.2. The molecule has 0 aromatic heterocycles. The Morgan fingerprint density at radius 1 is 1.07 bits per heavy atom. The summed E-state index contributed by atoms with van der Waals surface area (Å²) in [5.74, 6) is 1.00. The molecule has 2 aliphatic carbocycles. The summed E-state index contributed by atoms with van der Waals surface area (Å²) in [5.41, 5.74) is 0.521. The van der Waals surface area contributed by atoms with Crippen LogP contribution in [0.25, 0.3) is 0 Å². The molecule has 0 amide bonds. The Hall–Kier alpha value is -0.850. The van der Waals surface area contributed by atoms with Gasteiger partial charge in [-0.2, -0.15) is 0 Å². The van der Waals surface area contributed by atoms with Crippen LogP contribution in [0.2, 0.25) is 0 Å². The molecule has 166 valence electrons. The van der Waals surface area contributed by atoms with Gasteiger partial charge in [0.25, 0.3) is 0 Å². The molecule has 2 saturated carbocycles. The van der Waals surface area contributed by atoms with Crippen molar-refractivity contribution < 1.29 is 9.47 Å².